The van der Waals surface area contributed by atoms with Gasteiger partial charge in [-0.15, -0.1) is 12.4 Å². The lowest BCUT2D eigenvalue weighted by Crippen LogP contribution is -2.39. The average molecular weight is 297 g/mol. The number of carbonyl (C=O) groups is 1. The maximum atomic E-state index is 12.2. The molecule has 0 radical (unpaired) electrons. The normalized spacial score (nSPS) is 23.0. The van der Waals surface area contributed by atoms with Crippen LogP contribution in [0.1, 0.15) is 48.9 Å². The molecule has 1 aromatic rings. The van der Waals surface area contributed by atoms with Crippen molar-refractivity contribution in [1.82, 2.24) is 5.32 Å². The topological polar surface area (TPSA) is 55.1 Å². The molecule has 1 fully saturated rings. The Morgan fingerprint density at radius 2 is 2.05 bits per heavy atom. The van der Waals surface area contributed by atoms with E-state index in [2.05, 4.69) is 37.4 Å². The fourth-order valence-electron chi connectivity index (χ4n) is 3.02. The Morgan fingerprint density at radius 1 is 1.35 bits per heavy atom. The van der Waals surface area contributed by atoms with Crippen LogP contribution in [-0.4, -0.2) is 11.9 Å². The number of nitrogens with two attached hydrogens (primary N) is 1. The number of hydrogen-bond acceptors (Lipinski definition) is 2. The van der Waals surface area contributed by atoms with Gasteiger partial charge in [-0.3, -0.25) is 4.79 Å². The van der Waals surface area contributed by atoms with Gasteiger partial charge in [0.2, 0.25) is 5.91 Å². The van der Waals surface area contributed by atoms with Crippen LogP contribution >= 0.6 is 12.4 Å². The quantitative estimate of drug-likeness (QED) is 0.901. The number of aryl methyl sites for hydroxylation is 2. The Balaban J connectivity index is 0.00000200. The predicted octanol–water partition coefficient (Wildman–Crippen LogP) is 3.03. The second-order valence-electron chi connectivity index (χ2n) is 5.79. The van der Waals surface area contributed by atoms with Gasteiger partial charge in [0.15, 0.2) is 0 Å². The molecule has 0 aromatic heterocycles. The van der Waals surface area contributed by atoms with E-state index in [0.29, 0.717) is 0 Å². The molecule has 1 amide bonds. The highest BCUT2D eigenvalue weighted by Gasteiger charge is 2.30. The highest BCUT2D eigenvalue weighted by Crippen LogP contribution is 2.25. The minimum atomic E-state index is -0.00629. The molecule has 1 saturated carbocycles. The zero-order valence-electron chi connectivity index (χ0n) is 12.5. The van der Waals surface area contributed by atoms with Gasteiger partial charge in [0.25, 0.3) is 0 Å². The molecule has 3 N–H and O–H groups in total. The largest absolute Gasteiger partial charge is 0.349 e. The van der Waals surface area contributed by atoms with Crippen LogP contribution in [-0.2, 0) is 4.79 Å². The maximum Gasteiger partial charge on any atom is 0.225 e. The average Bonchev–Trinajstić information content (AvgIpc) is 2.75. The number of carbonyl (C=O) groups excluding carboxylic acids is 1. The van der Waals surface area contributed by atoms with E-state index in [-0.39, 0.29) is 36.3 Å². The lowest BCUT2D eigenvalue weighted by molar-refractivity contribution is -0.125. The number of halogens is 1. The van der Waals surface area contributed by atoms with Gasteiger partial charge in [-0.25, -0.2) is 0 Å². The van der Waals surface area contributed by atoms with Gasteiger partial charge >= 0.3 is 0 Å². The second-order valence-corrected chi connectivity index (χ2v) is 5.79. The summed E-state index contributed by atoms with van der Waals surface area (Å²) in [5.41, 5.74) is 9.64. The summed E-state index contributed by atoms with van der Waals surface area (Å²) in [4.78, 5) is 12.2. The van der Waals surface area contributed by atoms with Gasteiger partial charge in [0.05, 0.1) is 12.0 Å². The smallest absolute Gasteiger partial charge is 0.225 e. The van der Waals surface area contributed by atoms with E-state index in [1.165, 1.54) is 16.7 Å². The molecular weight excluding hydrogens is 272 g/mol. The summed E-state index contributed by atoms with van der Waals surface area (Å²) < 4.78 is 0. The van der Waals surface area contributed by atoms with Gasteiger partial charge in [-0.2, -0.15) is 0 Å². The van der Waals surface area contributed by atoms with Crippen LogP contribution in [0.25, 0.3) is 0 Å². The first-order chi connectivity index (χ1) is 8.99. The third-order valence-corrected chi connectivity index (χ3v) is 4.16. The highest BCUT2D eigenvalue weighted by atomic mass is 35.5. The summed E-state index contributed by atoms with van der Waals surface area (Å²) in [5, 5.41) is 3.11. The van der Waals surface area contributed by atoms with Crippen LogP contribution in [0.2, 0.25) is 0 Å². The van der Waals surface area contributed by atoms with Crippen LogP contribution in [0.5, 0.6) is 0 Å². The summed E-state index contributed by atoms with van der Waals surface area (Å²) in [7, 11) is 0. The Morgan fingerprint density at radius 3 is 2.60 bits per heavy atom. The number of amides is 1. The van der Waals surface area contributed by atoms with Crippen molar-refractivity contribution in [3.8, 4) is 0 Å². The van der Waals surface area contributed by atoms with Crippen molar-refractivity contribution >= 4 is 18.3 Å². The van der Waals surface area contributed by atoms with E-state index in [0.717, 1.165) is 19.3 Å². The van der Waals surface area contributed by atoms with Crippen molar-refractivity contribution in [1.29, 1.82) is 0 Å². The molecule has 3 unspecified atom stereocenters. The maximum absolute atomic E-state index is 12.2. The number of hydrogen-bond donors (Lipinski definition) is 2. The van der Waals surface area contributed by atoms with E-state index >= 15 is 0 Å². The van der Waals surface area contributed by atoms with Crippen LogP contribution < -0.4 is 11.1 Å². The lowest BCUT2D eigenvalue weighted by Gasteiger charge is -2.21. The van der Waals surface area contributed by atoms with E-state index in [1.807, 2.05) is 6.92 Å². The molecule has 1 aromatic carbocycles. The Labute approximate surface area is 127 Å². The Hall–Kier alpha value is -1.06. The first-order valence-electron chi connectivity index (χ1n) is 7.12. The molecule has 1 aliphatic rings. The van der Waals surface area contributed by atoms with Crippen molar-refractivity contribution < 1.29 is 4.79 Å². The summed E-state index contributed by atoms with van der Waals surface area (Å²) in [5.74, 6) is 0.102. The summed E-state index contributed by atoms with van der Waals surface area (Å²) >= 11 is 0. The number of nitrogens with one attached hydrogen (secondary N) is 1. The van der Waals surface area contributed by atoms with E-state index in [1.54, 1.807) is 0 Å². The minimum absolute atomic E-state index is 0. The SMILES string of the molecule is Cc1ccc(C(C)NC(=O)C2CCCC2N)c(C)c1.Cl. The molecule has 2 rings (SSSR count). The molecule has 0 heterocycles. The van der Waals surface area contributed by atoms with Crippen molar-refractivity contribution in [2.45, 2.75) is 52.1 Å². The van der Waals surface area contributed by atoms with Gasteiger partial charge in [-0.1, -0.05) is 30.2 Å². The molecule has 20 heavy (non-hydrogen) atoms. The Kier molecular flexibility index (Phi) is 6.03. The van der Waals surface area contributed by atoms with Gasteiger partial charge in [0, 0.05) is 6.04 Å². The van der Waals surface area contributed by atoms with Crippen LogP contribution in [0.3, 0.4) is 0 Å². The molecule has 0 aliphatic heterocycles. The second kappa shape index (κ2) is 7.09. The summed E-state index contributed by atoms with van der Waals surface area (Å²) in [6, 6.07) is 6.42. The van der Waals surface area contributed by atoms with Crippen molar-refractivity contribution in [2.75, 3.05) is 0 Å². The third kappa shape index (κ3) is 3.74. The zero-order valence-corrected chi connectivity index (χ0v) is 13.3. The van der Waals surface area contributed by atoms with E-state index in [9.17, 15) is 4.79 Å². The first-order valence-corrected chi connectivity index (χ1v) is 7.12. The molecule has 3 nitrogen and oxygen atoms in total. The highest BCUT2D eigenvalue weighted by molar-refractivity contribution is 5.85. The number of benzene rings is 1. The number of rotatable bonds is 3. The van der Waals surface area contributed by atoms with Crippen LogP contribution in [0, 0.1) is 19.8 Å². The molecule has 4 heteroatoms. The fraction of sp³-hybridized carbons (Fsp3) is 0.562. The first kappa shape index (κ1) is 17.0. The predicted molar refractivity (Wildman–Crippen MR) is 85.0 cm³/mol. The molecule has 0 spiro atoms. The molecule has 112 valence electrons. The summed E-state index contributed by atoms with van der Waals surface area (Å²) in [6.45, 7) is 6.21. The van der Waals surface area contributed by atoms with Crippen molar-refractivity contribution in [3.63, 3.8) is 0 Å². The Bertz CT molecular complexity index is 476. The van der Waals surface area contributed by atoms with E-state index in [4.69, 9.17) is 5.73 Å². The lowest BCUT2D eigenvalue weighted by atomic mass is 9.98. The molecule has 0 saturated heterocycles. The van der Waals surface area contributed by atoms with Gasteiger partial charge < -0.3 is 11.1 Å². The van der Waals surface area contributed by atoms with E-state index < -0.39 is 0 Å². The minimum Gasteiger partial charge on any atom is -0.349 e. The van der Waals surface area contributed by atoms with Crippen LogP contribution in [0.15, 0.2) is 18.2 Å². The van der Waals surface area contributed by atoms with Crippen LogP contribution in [0.4, 0.5) is 0 Å². The monoisotopic (exact) mass is 296 g/mol. The van der Waals surface area contributed by atoms with Gasteiger partial charge in [-0.05, 0) is 44.7 Å². The third-order valence-electron chi connectivity index (χ3n) is 4.16. The molecule has 3 atom stereocenters. The molecule has 1 aliphatic carbocycles. The van der Waals surface area contributed by atoms with Crippen molar-refractivity contribution in [2.24, 2.45) is 11.7 Å². The molecule has 0 bridgehead atoms. The zero-order chi connectivity index (χ0) is 14.0. The molecular formula is C16H25ClN2O. The van der Waals surface area contributed by atoms with Gasteiger partial charge in [0.1, 0.15) is 0 Å². The fourth-order valence-corrected chi connectivity index (χ4v) is 3.02. The summed E-state index contributed by atoms with van der Waals surface area (Å²) in [6.07, 6.45) is 2.96. The standard InChI is InChI=1S/C16H24N2O.ClH/c1-10-7-8-13(11(2)9-10)12(3)18-16(19)14-5-4-6-15(14)17;/h7-9,12,14-15H,4-6,17H2,1-3H3,(H,18,19);1H. The van der Waals surface area contributed by atoms with Crippen molar-refractivity contribution in [3.05, 3.63) is 34.9 Å².